The Morgan fingerprint density at radius 1 is 1.26 bits per heavy atom. The van der Waals surface area contributed by atoms with Crippen LogP contribution in [0.5, 0.6) is 0 Å². The molecule has 1 aliphatic rings. The second-order valence-corrected chi connectivity index (χ2v) is 6.05. The number of halogens is 1. The molecule has 1 fully saturated rings. The molecule has 0 aliphatic heterocycles. The molecule has 1 saturated carbocycles. The van der Waals surface area contributed by atoms with Crippen LogP contribution in [-0.2, 0) is 6.42 Å². The smallest absolute Gasteiger partial charge is 0.191 e. The average molecular weight is 430 g/mol. The van der Waals surface area contributed by atoms with Crippen molar-refractivity contribution in [1.82, 2.24) is 15.6 Å². The van der Waals surface area contributed by atoms with E-state index in [0.717, 1.165) is 43.6 Å². The van der Waals surface area contributed by atoms with E-state index in [2.05, 4.69) is 33.6 Å². The van der Waals surface area contributed by atoms with Gasteiger partial charge in [0.15, 0.2) is 5.96 Å². The first-order chi connectivity index (χ1) is 10.9. The Morgan fingerprint density at radius 3 is 2.78 bits per heavy atom. The Labute approximate surface area is 158 Å². The summed E-state index contributed by atoms with van der Waals surface area (Å²) in [6.45, 7) is 4.80. The van der Waals surface area contributed by atoms with Gasteiger partial charge < -0.3 is 10.6 Å². The van der Waals surface area contributed by atoms with Crippen LogP contribution in [0.2, 0.25) is 0 Å². The topological polar surface area (TPSA) is 49.3 Å². The summed E-state index contributed by atoms with van der Waals surface area (Å²) in [6, 6.07) is 6.05. The zero-order valence-corrected chi connectivity index (χ0v) is 16.6. The molecule has 0 spiro atoms. The highest BCUT2D eigenvalue weighted by Crippen LogP contribution is 2.28. The van der Waals surface area contributed by atoms with Crippen molar-refractivity contribution in [2.75, 3.05) is 19.6 Å². The maximum absolute atomic E-state index is 4.68. The summed E-state index contributed by atoms with van der Waals surface area (Å²) in [5, 5.41) is 6.71. The molecule has 130 valence electrons. The van der Waals surface area contributed by atoms with Crippen LogP contribution in [0.1, 0.15) is 51.1 Å². The van der Waals surface area contributed by atoms with Crippen LogP contribution in [0.3, 0.4) is 0 Å². The summed E-state index contributed by atoms with van der Waals surface area (Å²) in [7, 11) is 0. The summed E-state index contributed by atoms with van der Waals surface area (Å²) < 4.78 is 0. The zero-order chi connectivity index (χ0) is 15.5. The molecule has 0 saturated heterocycles. The lowest BCUT2D eigenvalue weighted by Gasteiger charge is -2.11. The maximum Gasteiger partial charge on any atom is 0.191 e. The lowest BCUT2D eigenvalue weighted by atomic mass is 10.0. The van der Waals surface area contributed by atoms with E-state index in [4.69, 9.17) is 0 Å². The molecule has 2 rings (SSSR count). The third-order valence-electron chi connectivity index (χ3n) is 4.26. The van der Waals surface area contributed by atoms with Crippen LogP contribution in [0, 0.1) is 5.92 Å². The largest absolute Gasteiger partial charge is 0.357 e. The minimum absolute atomic E-state index is 0. The van der Waals surface area contributed by atoms with E-state index in [1.54, 1.807) is 0 Å². The van der Waals surface area contributed by atoms with Gasteiger partial charge in [-0.15, -0.1) is 24.0 Å². The first kappa shape index (κ1) is 20.2. The normalized spacial score (nSPS) is 15.3. The molecule has 0 atom stereocenters. The van der Waals surface area contributed by atoms with Gasteiger partial charge in [-0.3, -0.25) is 9.98 Å². The highest BCUT2D eigenvalue weighted by molar-refractivity contribution is 14.0. The molecular formula is C18H31IN4. The number of hydrogen-bond acceptors (Lipinski definition) is 2. The number of nitrogens with one attached hydrogen (secondary N) is 2. The van der Waals surface area contributed by atoms with E-state index in [0.29, 0.717) is 0 Å². The fraction of sp³-hybridized carbons (Fsp3) is 0.667. The van der Waals surface area contributed by atoms with Gasteiger partial charge in [-0.25, -0.2) is 0 Å². The number of aromatic nitrogens is 1. The van der Waals surface area contributed by atoms with Crippen LogP contribution in [0.25, 0.3) is 0 Å². The predicted octanol–water partition coefficient (Wildman–Crippen LogP) is 3.77. The SMILES string of the molecule is CCNC(=NCCCC1CCCC1)NCCc1ccccn1.I. The maximum atomic E-state index is 4.68. The Bertz CT molecular complexity index is 430. The standard InChI is InChI=1S/C18H30N4.HI/c1-2-19-18(21-14-7-10-16-8-3-4-9-16)22-15-12-17-11-5-6-13-20-17;/h5-6,11,13,16H,2-4,7-10,12,14-15H2,1H3,(H2,19,21,22);1H. The van der Waals surface area contributed by atoms with Gasteiger partial charge >= 0.3 is 0 Å². The quantitative estimate of drug-likeness (QED) is 0.286. The third kappa shape index (κ3) is 8.53. The first-order valence-electron chi connectivity index (χ1n) is 8.80. The minimum Gasteiger partial charge on any atom is -0.357 e. The fourth-order valence-electron chi connectivity index (χ4n) is 3.07. The number of aliphatic imine (C=N–C) groups is 1. The van der Waals surface area contributed by atoms with Crippen molar-refractivity contribution >= 4 is 29.9 Å². The van der Waals surface area contributed by atoms with Gasteiger partial charge in [-0.05, 0) is 37.8 Å². The molecule has 0 bridgehead atoms. The van der Waals surface area contributed by atoms with E-state index < -0.39 is 0 Å². The van der Waals surface area contributed by atoms with Crippen molar-refractivity contribution < 1.29 is 0 Å². The number of hydrogen-bond donors (Lipinski definition) is 2. The number of pyridine rings is 1. The Kier molecular flexibility index (Phi) is 11.0. The van der Waals surface area contributed by atoms with Crippen LogP contribution >= 0.6 is 24.0 Å². The number of nitrogens with zero attached hydrogens (tertiary/aromatic N) is 2. The van der Waals surface area contributed by atoms with Crippen molar-refractivity contribution in [1.29, 1.82) is 0 Å². The molecule has 2 N–H and O–H groups in total. The van der Waals surface area contributed by atoms with Crippen molar-refractivity contribution in [3.8, 4) is 0 Å². The zero-order valence-electron chi connectivity index (χ0n) is 14.3. The van der Waals surface area contributed by atoms with E-state index in [9.17, 15) is 0 Å². The van der Waals surface area contributed by atoms with E-state index >= 15 is 0 Å². The molecule has 1 aliphatic carbocycles. The molecular weight excluding hydrogens is 399 g/mol. The highest BCUT2D eigenvalue weighted by atomic mass is 127. The van der Waals surface area contributed by atoms with E-state index in [1.807, 2.05) is 18.3 Å². The summed E-state index contributed by atoms with van der Waals surface area (Å²) in [6.07, 6.45) is 11.1. The van der Waals surface area contributed by atoms with Gasteiger partial charge in [0, 0.05) is 37.9 Å². The lowest BCUT2D eigenvalue weighted by Crippen LogP contribution is -2.38. The summed E-state index contributed by atoms with van der Waals surface area (Å²) in [4.78, 5) is 9.02. The first-order valence-corrected chi connectivity index (χ1v) is 8.80. The molecule has 23 heavy (non-hydrogen) atoms. The highest BCUT2D eigenvalue weighted by Gasteiger charge is 2.13. The van der Waals surface area contributed by atoms with Crippen LogP contribution < -0.4 is 10.6 Å². The monoisotopic (exact) mass is 430 g/mol. The molecule has 4 nitrogen and oxygen atoms in total. The molecule has 1 aromatic heterocycles. The molecule has 1 heterocycles. The summed E-state index contributed by atoms with van der Waals surface area (Å²) in [5.74, 6) is 1.90. The molecule has 0 amide bonds. The summed E-state index contributed by atoms with van der Waals surface area (Å²) in [5.41, 5.74) is 1.12. The van der Waals surface area contributed by atoms with Crippen LogP contribution in [0.15, 0.2) is 29.4 Å². The van der Waals surface area contributed by atoms with Gasteiger partial charge in [0.25, 0.3) is 0 Å². The average Bonchev–Trinajstić information content (AvgIpc) is 3.06. The van der Waals surface area contributed by atoms with Gasteiger partial charge in [-0.1, -0.05) is 31.7 Å². The molecule has 0 aromatic carbocycles. The van der Waals surface area contributed by atoms with E-state index in [1.165, 1.54) is 38.5 Å². The van der Waals surface area contributed by atoms with E-state index in [-0.39, 0.29) is 24.0 Å². The van der Waals surface area contributed by atoms with Crippen molar-refractivity contribution in [3.05, 3.63) is 30.1 Å². The van der Waals surface area contributed by atoms with Crippen molar-refractivity contribution in [2.45, 2.75) is 51.9 Å². The number of guanidine groups is 1. The Morgan fingerprint density at radius 2 is 2.09 bits per heavy atom. The molecule has 5 heteroatoms. The fourth-order valence-corrected chi connectivity index (χ4v) is 3.07. The van der Waals surface area contributed by atoms with Gasteiger partial charge in [0.1, 0.15) is 0 Å². The molecule has 0 radical (unpaired) electrons. The van der Waals surface area contributed by atoms with Crippen molar-refractivity contribution in [3.63, 3.8) is 0 Å². The molecule has 1 aromatic rings. The lowest BCUT2D eigenvalue weighted by molar-refractivity contribution is 0.487. The predicted molar refractivity (Wildman–Crippen MR) is 109 cm³/mol. The Balaban J connectivity index is 0.00000264. The summed E-state index contributed by atoms with van der Waals surface area (Å²) >= 11 is 0. The second kappa shape index (κ2) is 12.6. The van der Waals surface area contributed by atoms with Crippen LogP contribution in [-0.4, -0.2) is 30.6 Å². The third-order valence-corrected chi connectivity index (χ3v) is 4.26. The number of rotatable bonds is 8. The second-order valence-electron chi connectivity index (χ2n) is 6.05. The van der Waals surface area contributed by atoms with Gasteiger partial charge in [0.05, 0.1) is 0 Å². The van der Waals surface area contributed by atoms with Gasteiger partial charge in [-0.2, -0.15) is 0 Å². The van der Waals surface area contributed by atoms with Crippen molar-refractivity contribution in [2.24, 2.45) is 10.9 Å². The minimum atomic E-state index is 0. The van der Waals surface area contributed by atoms with Gasteiger partial charge in [0.2, 0.25) is 0 Å². The van der Waals surface area contributed by atoms with Crippen LogP contribution in [0.4, 0.5) is 0 Å². The molecule has 0 unspecified atom stereocenters. The Hall–Kier alpha value is -0.850.